The van der Waals surface area contributed by atoms with Gasteiger partial charge in [-0.1, -0.05) is 26.0 Å². The number of carbonyl (C=O) groups is 4. The smallest absolute Gasteiger partial charge is 0.404 e. The van der Waals surface area contributed by atoms with E-state index in [9.17, 15) is 19.2 Å². The van der Waals surface area contributed by atoms with E-state index in [0.29, 0.717) is 25.1 Å². The Morgan fingerprint density at radius 1 is 1.00 bits per heavy atom. The molecule has 13 heteroatoms. The molecule has 0 heterocycles. The molecule has 0 aliphatic rings. The summed E-state index contributed by atoms with van der Waals surface area (Å²) in [5.74, 6) is -1.94. The Bertz CT molecular complexity index is 713. The lowest BCUT2D eigenvalue weighted by Gasteiger charge is -2.07. The molecular weight excluding hydrogens is 424 g/mol. The first kappa shape index (κ1) is 30.6. The van der Waals surface area contributed by atoms with Gasteiger partial charge in [0.25, 0.3) is 0 Å². The number of nitrogen functional groups attached to an aromatic ring is 1. The van der Waals surface area contributed by atoms with Crippen molar-refractivity contribution in [3.8, 4) is 0 Å². The topological polar surface area (TPSA) is 260 Å². The summed E-state index contributed by atoms with van der Waals surface area (Å²) in [5.41, 5.74) is 26.9. The van der Waals surface area contributed by atoms with E-state index in [1.54, 1.807) is 38.1 Å². The Morgan fingerprint density at radius 2 is 1.53 bits per heavy atom. The highest BCUT2D eigenvalue weighted by atomic mass is 16.5. The Labute approximate surface area is 186 Å². The van der Waals surface area contributed by atoms with E-state index in [1.807, 2.05) is 0 Å². The third-order valence-electron chi connectivity index (χ3n) is 3.67. The van der Waals surface area contributed by atoms with Crippen LogP contribution in [0.3, 0.4) is 0 Å². The average Bonchev–Trinajstić information content (AvgIpc) is 2.70. The van der Waals surface area contributed by atoms with E-state index >= 15 is 0 Å². The van der Waals surface area contributed by atoms with E-state index in [0.717, 1.165) is 5.56 Å². The minimum atomic E-state index is -1.03. The maximum atomic E-state index is 10.2. The summed E-state index contributed by atoms with van der Waals surface area (Å²) in [6, 6.07) is 4.84. The second kappa shape index (κ2) is 17.1. The minimum absolute atomic E-state index is 0.0208. The van der Waals surface area contributed by atoms with Crippen LogP contribution < -0.4 is 34.0 Å². The number of hydrogen-bond acceptors (Lipinski definition) is 8. The lowest BCUT2D eigenvalue weighted by Crippen LogP contribution is -2.34. The molecule has 0 fully saturated rings. The van der Waals surface area contributed by atoms with Crippen molar-refractivity contribution >= 4 is 29.8 Å². The first-order valence-corrected chi connectivity index (χ1v) is 9.54. The maximum Gasteiger partial charge on any atom is 0.404 e. The van der Waals surface area contributed by atoms with Crippen molar-refractivity contribution in [1.82, 2.24) is 5.32 Å². The van der Waals surface area contributed by atoms with E-state index in [4.69, 9.17) is 38.9 Å². The quantitative estimate of drug-likeness (QED) is 0.178. The molecule has 0 saturated carbocycles. The van der Waals surface area contributed by atoms with E-state index in [2.05, 4.69) is 10.1 Å². The predicted molar refractivity (Wildman–Crippen MR) is 118 cm³/mol. The maximum absolute atomic E-state index is 10.2. The number of anilines is 1. The van der Waals surface area contributed by atoms with Crippen LogP contribution >= 0.6 is 0 Å². The van der Waals surface area contributed by atoms with E-state index < -0.39 is 36.1 Å². The molecule has 32 heavy (non-hydrogen) atoms. The molecular formula is C19H34N6O7. The van der Waals surface area contributed by atoms with Crippen molar-refractivity contribution in [1.29, 1.82) is 0 Å². The van der Waals surface area contributed by atoms with Crippen molar-refractivity contribution in [3.63, 3.8) is 0 Å². The van der Waals surface area contributed by atoms with Crippen LogP contribution in [0.25, 0.3) is 0 Å². The fourth-order valence-corrected chi connectivity index (χ4v) is 1.71. The van der Waals surface area contributed by atoms with Crippen LogP contribution in [0, 0.1) is 5.92 Å². The number of urea groups is 1. The summed E-state index contributed by atoms with van der Waals surface area (Å²) in [6.07, 6.45) is 0.0678. The van der Waals surface area contributed by atoms with Crippen LogP contribution in [0.15, 0.2) is 24.3 Å². The van der Waals surface area contributed by atoms with Crippen molar-refractivity contribution in [2.24, 2.45) is 28.9 Å². The number of nitrogens with two attached hydrogens (primary N) is 5. The first-order valence-electron chi connectivity index (χ1n) is 9.54. The van der Waals surface area contributed by atoms with Gasteiger partial charge in [-0.2, -0.15) is 0 Å². The van der Waals surface area contributed by atoms with Gasteiger partial charge in [0.15, 0.2) is 0 Å². The number of rotatable bonds is 9. The van der Waals surface area contributed by atoms with Gasteiger partial charge in [-0.25, -0.2) is 9.59 Å². The number of primary amides is 2. The molecule has 0 saturated heterocycles. The second-order valence-electron chi connectivity index (χ2n) is 6.84. The van der Waals surface area contributed by atoms with Crippen molar-refractivity contribution in [2.45, 2.75) is 45.4 Å². The van der Waals surface area contributed by atoms with Gasteiger partial charge in [0.1, 0.15) is 18.7 Å². The number of nitrogens with one attached hydrogen (secondary N) is 1. The molecule has 2 unspecified atom stereocenters. The van der Waals surface area contributed by atoms with Gasteiger partial charge in [0.05, 0.1) is 0 Å². The van der Waals surface area contributed by atoms with E-state index in [-0.39, 0.29) is 12.5 Å². The Balaban J connectivity index is 0. The number of carboxylic acids is 2. The molecule has 1 rings (SSSR count). The lowest BCUT2D eigenvalue weighted by molar-refractivity contribution is -0.140. The predicted octanol–water partition coefficient (Wildman–Crippen LogP) is -0.235. The SMILES string of the molecule is CC(C)C(N)C(=O)O.NC(=O)NCCCC(N)C(=O)O.NC(=O)OCc1ccc(N)cc1. The van der Waals surface area contributed by atoms with Crippen LogP contribution in [-0.4, -0.2) is 52.9 Å². The Morgan fingerprint density at radius 3 is 1.88 bits per heavy atom. The first-order chi connectivity index (χ1) is 14.8. The molecule has 2 atom stereocenters. The fourth-order valence-electron chi connectivity index (χ4n) is 1.71. The number of benzene rings is 1. The van der Waals surface area contributed by atoms with Gasteiger partial charge in [-0.3, -0.25) is 9.59 Å². The van der Waals surface area contributed by atoms with Crippen molar-refractivity contribution < 1.29 is 34.1 Å². The van der Waals surface area contributed by atoms with Gasteiger partial charge >= 0.3 is 24.1 Å². The van der Waals surface area contributed by atoms with E-state index in [1.165, 1.54) is 0 Å². The highest BCUT2D eigenvalue weighted by Crippen LogP contribution is 2.06. The van der Waals surface area contributed by atoms with Crippen molar-refractivity contribution in [3.05, 3.63) is 29.8 Å². The number of ether oxygens (including phenoxy) is 1. The summed E-state index contributed by atoms with van der Waals surface area (Å²) in [5, 5.41) is 18.9. The van der Waals surface area contributed by atoms with Gasteiger partial charge in [0.2, 0.25) is 0 Å². The van der Waals surface area contributed by atoms with Crippen LogP contribution in [-0.2, 0) is 20.9 Å². The standard InChI is InChI=1S/C8H10N2O2.C6H13N3O3.C5H11NO2/c9-7-3-1-6(2-4-7)5-12-8(10)11;7-4(5(10)11)2-1-3-9-6(8)12;1-3(2)4(6)5(7)8/h1-4H,5,9H2,(H2,10,11);4H,1-3,7H2,(H,10,11)(H3,8,9,12);3-4H,6H2,1-2H3,(H,7,8). The molecule has 1 aromatic rings. The largest absolute Gasteiger partial charge is 0.480 e. The van der Waals surface area contributed by atoms with Crippen molar-refractivity contribution in [2.75, 3.05) is 12.3 Å². The zero-order chi connectivity index (χ0) is 25.3. The summed E-state index contributed by atoms with van der Waals surface area (Å²) in [7, 11) is 0. The van der Waals surface area contributed by atoms with Gasteiger partial charge < -0.3 is 48.9 Å². The Hall–Kier alpha value is -3.58. The molecule has 0 spiro atoms. The summed E-state index contributed by atoms with van der Waals surface area (Å²) in [6.45, 7) is 4.10. The van der Waals surface area contributed by atoms with Gasteiger partial charge in [0, 0.05) is 12.2 Å². The third-order valence-corrected chi connectivity index (χ3v) is 3.67. The minimum Gasteiger partial charge on any atom is -0.480 e. The fraction of sp³-hybridized carbons (Fsp3) is 0.474. The lowest BCUT2D eigenvalue weighted by atomic mass is 10.1. The van der Waals surface area contributed by atoms with Gasteiger partial charge in [-0.15, -0.1) is 0 Å². The molecule has 0 bridgehead atoms. The van der Waals surface area contributed by atoms with Gasteiger partial charge in [-0.05, 0) is 36.5 Å². The van der Waals surface area contributed by atoms with Crippen LogP contribution in [0.5, 0.6) is 0 Å². The summed E-state index contributed by atoms with van der Waals surface area (Å²) < 4.78 is 4.57. The molecule has 0 aliphatic carbocycles. The summed E-state index contributed by atoms with van der Waals surface area (Å²) in [4.78, 5) is 40.6. The number of aliphatic carboxylic acids is 2. The molecule has 3 amide bonds. The molecule has 0 aromatic heterocycles. The number of carbonyl (C=O) groups excluding carboxylic acids is 2. The van der Waals surface area contributed by atoms with Crippen LogP contribution in [0.4, 0.5) is 15.3 Å². The molecule has 182 valence electrons. The monoisotopic (exact) mass is 458 g/mol. The molecule has 13 N–H and O–H groups in total. The molecule has 0 radical (unpaired) electrons. The third kappa shape index (κ3) is 18.4. The molecule has 0 aliphatic heterocycles. The normalized spacial score (nSPS) is 11.5. The number of carboxylic acid groups (broad SMARTS) is 2. The number of amides is 3. The van der Waals surface area contributed by atoms with Crippen LogP contribution in [0.1, 0.15) is 32.3 Å². The zero-order valence-corrected chi connectivity index (χ0v) is 18.2. The zero-order valence-electron chi connectivity index (χ0n) is 18.2. The van der Waals surface area contributed by atoms with Crippen LogP contribution in [0.2, 0.25) is 0 Å². The highest BCUT2D eigenvalue weighted by molar-refractivity contribution is 5.73. The number of hydrogen-bond donors (Lipinski definition) is 8. The average molecular weight is 459 g/mol. The highest BCUT2D eigenvalue weighted by Gasteiger charge is 2.14. The molecule has 13 nitrogen and oxygen atoms in total. The Kier molecular flexibility index (Phi) is 16.4. The summed E-state index contributed by atoms with van der Waals surface area (Å²) >= 11 is 0. The second-order valence-corrected chi connectivity index (χ2v) is 6.84. The molecule has 1 aromatic carbocycles.